The maximum atomic E-state index is 12.0. The maximum Gasteiger partial charge on any atom is 0.252 e. The van der Waals surface area contributed by atoms with Crippen LogP contribution in [0.3, 0.4) is 0 Å². The van der Waals surface area contributed by atoms with Crippen LogP contribution in [0.2, 0.25) is 0 Å². The van der Waals surface area contributed by atoms with Gasteiger partial charge in [0.1, 0.15) is 12.4 Å². The van der Waals surface area contributed by atoms with Crippen LogP contribution in [-0.2, 0) is 16.1 Å². The second-order valence-corrected chi connectivity index (χ2v) is 9.68. The summed E-state index contributed by atoms with van der Waals surface area (Å²) in [6, 6.07) is 18.2. The van der Waals surface area contributed by atoms with Crippen LogP contribution in [0.1, 0.15) is 27.4 Å². The highest BCUT2D eigenvalue weighted by Gasteiger charge is 2.31. The predicted molar refractivity (Wildman–Crippen MR) is 143 cm³/mol. The number of hydrogen-bond donors (Lipinski definition) is 3. The van der Waals surface area contributed by atoms with E-state index in [1.54, 1.807) is 22.3 Å². The molecular formula is C27H27N5O3S. The average molecular weight is 502 g/mol. The minimum absolute atomic E-state index is 0.0222. The summed E-state index contributed by atoms with van der Waals surface area (Å²) in [5.41, 5.74) is 9.78. The van der Waals surface area contributed by atoms with E-state index in [-0.39, 0.29) is 12.5 Å². The number of nitrogens with two attached hydrogens (primary N) is 1. The highest BCUT2D eigenvalue weighted by molar-refractivity contribution is 7.17. The van der Waals surface area contributed by atoms with Crippen LogP contribution in [-0.4, -0.2) is 48.5 Å². The molecule has 2 aromatic heterocycles. The number of rotatable bonds is 9. The van der Waals surface area contributed by atoms with Gasteiger partial charge in [0.15, 0.2) is 0 Å². The van der Waals surface area contributed by atoms with Gasteiger partial charge in [0.05, 0.1) is 11.3 Å². The number of anilines is 3. The number of primary amides is 1. The van der Waals surface area contributed by atoms with Gasteiger partial charge in [-0.1, -0.05) is 30.3 Å². The van der Waals surface area contributed by atoms with Crippen molar-refractivity contribution in [3.05, 3.63) is 82.9 Å². The fourth-order valence-corrected chi connectivity index (χ4v) is 5.26. The van der Waals surface area contributed by atoms with Crippen molar-refractivity contribution in [2.45, 2.75) is 12.5 Å². The van der Waals surface area contributed by atoms with Crippen LogP contribution in [0.15, 0.2) is 66.2 Å². The number of aromatic nitrogens is 1. The van der Waals surface area contributed by atoms with Crippen molar-refractivity contribution < 1.29 is 14.3 Å². The first-order valence-corrected chi connectivity index (χ1v) is 12.5. The van der Waals surface area contributed by atoms with E-state index in [0.717, 1.165) is 11.3 Å². The Morgan fingerprint density at radius 3 is 2.72 bits per heavy atom. The lowest BCUT2D eigenvalue weighted by atomic mass is 9.91. The number of methoxy groups -OCH3 is 1. The first-order valence-electron chi connectivity index (χ1n) is 11.6. The molecule has 0 spiro atoms. The van der Waals surface area contributed by atoms with Crippen molar-refractivity contribution in [1.29, 1.82) is 0 Å². The summed E-state index contributed by atoms with van der Waals surface area (Å²) in [6.45, 7) is 2.10. The number of ether oxygens (including phenoxy) is 1. The van der Waals surface area contributed by atoms with Crippen molar-refractivity contribution >= 4 is 50.4 Å². The third-order valence-electron chi connectivity index (χ3n) is 6.36. The number of carbonyl (C=O) groups is 2. The number of amides is 2. The molecular weight excluding hydrogens is 474 g/mol. The van der Waals surface area contributed by atoms with Crippen LogP contribution in [0.25, 0.3) is 10.1 Å². The Labute approximate surface area is 213 Å². The Bertz CT molecular complexity index is 1400. The van der Waals surface area contributed by atoms with E-state index in [9.17, 15) is 9.59 Å². The molecule has 0 bridgehead atoms. The van der Waals surface area contributed by atoms with E-state index in [1.807, 2.05) is 18.2 Å². The van der Waals surface area contributed by atoms with Crippen LogP contribution >= 0.6 is 11.3 Å². The standard InChI is InChI=1S/C27H27N5O3S/c1-35-16-25(33)32-14-20(15-32)17-5-7-21(8-6-17)31-24-11-23(22(13-30-24)27(28)34)29-12-19-4-2-3-18-9-10-36-26(18)19/h2-11,13,20H,12,14-16H2,1H3,(H2,28,34)(H2,29,30,31). The number of nitrogens with one attached hydrogen (secondary N) is 2. The molecule has 1 saturated heterocycles. The first kappa shape index (κ1) is 23.8. The lowest BCUT2D eigenvalue weighted by Crippen LogP contribution is -2.49. The second kappa shape index (κ2) is 10.3. The van der Waals surface area contributed by atoms with E-state index >= 15 is 0 Å². The molecule has 1 aliphatic rings. The number of fused-ring (bicyclic) bond motifs is 1. The largest absolute Gasteiger partial charge is 0.380 e. The van der Waals surface area contributed by atoms with Crippen molar-refractivity contribution in [1.82, 2.24) is 9.88 Å². The Morgan fingerprint density at radius 2 is 1.97 bits per heavy atom. The van der Waals surface area contributed by atoms with E-state index < -0.39 is 5.91 Å². The average Bonchev–Trinajstić information content (AvgIpc) is 3.33. The number of carbonyl (C=O) groups excluding carboxylic acids is 2. The molecule has 4 N–H and O–H groups in total. The fraction of sp³-hybridized carbons (Fsp3) is 0.222. The second-order valence-electron chi connectivity index (χ2n) is 8.76. The molecule has 184 valence electrons. The van der Waals surface area contributed by atoms with Gasteiger partial charge in [-0.05, 0) is 40.1 Å². The van der Waals surface area contributed by atoms with Crippen LogP contribution in [0.5, 0.6) is 0 Å². The Balaban J connectivity index is 1.26. The lowest BCUT2D eigenvalue weighted by molar-refractivity contribution is -0.139. The van der Waals surface area contributed by atoms with E-state index in [2.05, 4.69) is 51.3 Å². The Hall–Kier alpha value is -3.95. The quantitative estimate of drug-likeness (QED) is 0.315. The molecule has 0 aliphatic carbocycles. The van der Waals surface area contributed by atoms with Crippen molar-refractivity contribution in [2.24, 2.45) is 5.73 Å². The summed E-state index contributed by atoms with van der Waals surface area (Å²) >= 11 is 1.70. The third-order valence-corrected chi connectivity index (χ3v) is 7.36. The van der Waals surface area contributed by atoms with Crippen molar-refractivity contribution in [2.75, 3.05) is 37.4 Å². The number of likely N-dealkylation sites (tertiary alicyclic amines) is 1. The maximum absolute atomic E-state index is 12.0. The molecule has 2 amide bonds. The lowest BCUT2D eigenvalue weighted by Gasteiger charge is -2.39. The number of thiophene rings is 1. The van der Waals surface area contributed by atoms with Crippen LogP contribution in [0, 0.1) is 0 Å². The molecule has 8 nitrogen and oxygen atoms in total. The van der Waals surface area contributed by atoms with Crippen molar-refractivity contribution in [3.63, 3.8) is 0 Å². The molecule has 0 unspecified atom stereocenters. The van der Waals surface area contributed by atoms with Gasteiger partial charge < -0.3 is 26.0 Å². The Morgan fingerprint density at radius 1 is 1.17 bits per heavy atom. The molecule has 0 atom stereocenters. The molecule has 4 aromatic rings. The van der Waals surface area contributed by atoms with Gasteiger partial charge in [-0.2, -0.15) is 0 Å². The van der Waals surface area contributed by atoms with Gasteiger partial charge in [-0.25, -0.2) is 4.98 Å². The molecule has 1 fully saturated rings. The SMILES string of the molecule is COCC(=O)N1CC(c2ccc(Nc3cc(NCc4cccc5ccsc45)c(C(N)=O)cn3)cc2)C1. The van der Waals surface area contributed by atoms with Gasteiger partial charge in [0, 0.05) is 55.3 Å². The molecule has 0 radical (unpaired) electrons. The normalized spacial score (nSPS) is 13.4. The topological polar surface area (TPSA) is 110 Å². The molecule has 5 rings (SSSR count). The monoisotopic (exact) mass is 501 g/mol. The first-order chi connectivity index (χ1) is 17.5. The fourth-order valence-electron chi connectivity index (χ4n) is 4.35. The summed E-state index contributed by atoms with van der Waals surface area (Å²) in [5, 5.41) is 9.94. The number of nitrogens with zero attached hydrogens (tertiary/aromatic N) is 2. The van der Waals surface area contributed by atoms with Crippen LogP contribution in [0.4, 0.5) is 17.2 Å². The zero-order valence-corrected chi connectivity index (χ0v) is 20.7. The van der Waals surface area contributed by atoms with Gasteiger partial charge >= 0.3 is 0 Å². The van der Waals surface area contributed by atoms with Gasteiger partial charge in [-0.15, -0.1) is 11.3 Å². The highest BCUT2D eigenvalue weighted by Crippen LogP contribution is 2.30. The summed E-state index contributed by atoms with van der Waals surface area (Å²) < 4.78 is 6.14. The molecule has 2 aromatic carbocycles. The van der Waals surface area contributed by atoms with Crippen LogP contribution < -0.4 is 16.4 Å². The smallest absolute Gasteiger partial charge is 0.252 e. The van der Waals surface area contributed by atoms with E-state index in [4.69, 9.17) is 10.5 Å². The summed E-state index contributed by atoms with van der Waals surface area (Å²) in [4.78, 5) is 30.1. The third kappa shape index (κ3) is 5.02. The summed E-state index contributed by atoms with van der Waals surface area (Å²) in [7, 11) is 1.53. The molecule has 9 heteroatoms. The predicted octanol–water partition coefficient (Wildman–Crippen LogP) is 4.32. The summed E-state index contributed by atoms with van der Waals surface area (Å²) in [6.07, 6.45) is 1.49. The molecule has 3 heterocycles. The molecule has 0 saturated carbocycles. The summed E-state index contributed by atoms with van der Waals surface area (Å²) in [5.74, 6) is 0.420. The minimum Gasteiger partial charge on any atom is -0.380 e. The highest BCUT2D eigenvalue weighted by atomic mass is 32.1. The van der Waals surface area contributed by atoms with Gasteiger partial charge in [0.2, 0.25) is 5.91 Å². The zero-order valence-electron chi connectivity index (χ0n) is 19.9. The Kier molecular flexibility index (Phi) is 6.84. The number of pyridine rings is 1. The van der Waals surface area contributed by atoms with Gasteiger partial charge in [-0.3, -0.25) is 9.59 Å². The minimum atomic E-state index is -0.534. The van der Waals surface area contributed by atoms with E-state index in [1.165, 1.54) is 29.0 Å². The molecule has 36 heavy (non-hydrogen) atoms. The van der Waals surface area contributed by atoms with E-state index in [0.29, 0.717) is 42.6 Å². The number of benzene rings is 2. The number of hydrogen-bond acceptors (Lipinski definition) is 7. The van der Waals surface area contributed by atoms with Gasteiger partial charge in [0.25, 0.3) is 5.91 Å². The molecule has 1 aliphatic heterocycles. The van der Waals surface area contributed by atoms with Crippen molar-refractivity contribution in [3.8, 4) is 0 Å². The zero-order chi connectivity index (χ0) is 25.1.